The standard InChI is InChI=1S/C12H11F2N3S/c1-8-15-11(16-18-8)9-2-4-10(5-3-9)17-6-12(13,14)7-17/h2-5H,6-7H2,1H3. The van der Waals surface area contributed by atoms with E-state index >= 15 is 0 Å². The molecular weight excluding hydrogens is 256 g/mol. The average Bonchev–Trinajstić information content (AvgIpc) is 2.73. The molecule has 6 heteroatoms. The van der Waals surface area contributed by atoms with Gasteiger partial charge >= 0.3 is 0 Å². The van der Waals surface area contributed by atoms with Crippen molar-refractivity contribution < 1.29 is 8.78 Å². The molecule has 0 bridgehead atoms. The summed E-state index contributed by atoms with van der Waals surface area (Å²) in [6, 6.07) is 7.41. The first-order valence-electron chi connectivity index (χ1n) is 5.57. The van der Waals surface area contributed by atoms with Gasteiger partial charge in [-0.3, -0.25) is 0 Å². The first-order valence-corrected chi connectivity index (χ1v) is 6.34. The molecule has 0 aliphatic carbocycles. The van der Waals surface area contributed by atoms with Crippen molar-refractivity contribution in [3.63, 3.8) is 0 Å². The maximum absolute atomic E-state index is 12.8. The monoisotopic (exact) mass is 267 g/mol. The number of hydrogen-bond donors (Lipinski definition) is 0. The summed E-state index contributed by atoms with van der Waals surface area (Å²) in [5.74, 6) is -1.84. The number of rotatable bonds is 2. The molecule has 18 heavy (non-hydrogen) atoms. The highest BCUT2D eigenvalue weighted by atomic mass is 32.1. The van der Waals surface area contributed by atoms with E-state index in [0.29, 0.717) is 5.82 Å². The van der Waals surface area contributed by atoms with Crippen molar-refractivity contribution in [1.82, 2.24) is 9.36 Å². The second kappa shape index (κ2) is 3.98. The van der Waals surface area contributed by atoms with Crippen molar-refractivity contribution in [2.45, 2.75) is 12.8 Å². The molecule has 0 atom stereocenters. The van der Waals surface area contributed by atoms with Crippen LogP contribution in [0, 0.1) is 6.92 Å². The van der Waals surface area contributed by atoms with E-state index in [1.807, 2.05) is 31.2 Å². The van der Waals surface area contributed by atoms with Gasteiger partial charge in [0.1, 0.15) is 5.01 Å². The van der Waals surface area contributed by atoms with Gasteiger partial charge in [-0.15, -0.1) is 0 Å². The van der Waals surface area contributed by atoms with Crippen LogP contribution in [0.1, 0.15) is 5.01 Å². The zero-order chi connectivity index (χ0) is 12.8. The van der Waals surface area contributed by atoms with Gasteiger partial charge in [0.25, 0.3) is 5.92 Å². The van der Waals surface area contributed by atoms with Crippen LogP contribution in [-0.4, -0.2) is 28.4 Å². The lowest BCUT2D eigenvalue weighted by molar-refractivity contribution is -0.0262. The molecule has 3 rings (SSSR count). The SMILES string of the molecule is Cc1nc(-c2ccc(N3CC(F)(F)C3)cc2)ns1. The Morgan fingerprint density at radius 2 is 1.89 bits per heavy atom. The van der Waals surface area contributed by atoms with Gasteiger partial charge in [-0.2, -0.15) is 4.37 Å². The van der Waals surface area contributed by atoms with E-state index in [9.17, 15) is 8.78 Å². The fraction of sp³-hybridized carbons (Fsp3) is 0.333. The molecule has 0 spiro atoms. The molecular formula is C12H11F2N3S. The molecule has 0 N–H and O–H groups in total. The highest BCUT2D eigenvalue weighted by Gasteiger charge is 2.43. The van der Waals surface area contributed by atoms with Gasteiger partial charge in [-0.1, -0.05) is 0 Å². The molecule has 1 aliphatic heterocycles. The van der Waals surface area contributed by atoms with Crippen molar-refractivity contribution in [1.29, 1.82) is 0 Å². The minimum absolute atomic E-state index is 0.194. The van der Waals surface area contributed by atoms with E-state index in [2.05, 4.69) is 9.36 Å². The highest BCUT2D eigenvalue weighted by molar-refractivity contribution is 7.05. The number of alkyl halides is 2. The third kappa shape index (κ3) is 2.08. The van der Waals surface area contributed by atoms with Crippen molar-refractivity contribution in [2.75, 3.05) is 18.0 Å². The molecule has 2 heterocycles. The summed E-state index contributed by atoms with van der Waals surface area (Å²) in [6.45, 7) is 1.51. The van der Waals surface area contributed by atoms with Crippen LogP contribution in [0.4, 0.5) is 14.5 Å². The Kier molecular flexibility index (Phi) is 2.55. The molecule has 0 radical (unpaired) electrons. The lowest BCUT2D eigenvalue weighted by Crippen LogP contribution is -2.56. The van der Waals surface area contributed by atoms with Gasteiger partial charge in [0.2, 0.25) is 0 Å². The molecule has 2 aromatic rings. The normalized spacial score (nSPS) is 17.6. The Morgan fingerprint density at radius 3 is 2.39 bits per heavy atom. The first-order chi connectivity index (χ1) is 8.53. The largest absolute Gasteiger partial charge is 0.359 e. The van der Waals surface area contributed by atoms with Crippen molar-refractivity contribution >= 4 is 17.2 Å². The third-order valence-corrected chi connectivity index (χ3v) is 3.48. The smallest absolute Gasteiger partial charge is 0.282 e. The van der Waals surface area contributed by atoms with Gasteiger partial charge in [0, 0.05) is 11.3 Å². The summed E-state index contributed by atoms with van der Waals surface area (Å²) in [6.07, 6.45) is 0. The van der Waals surface area contributed by atoms with E-state index < -0.39 is 5.92 Å². The Balaban J connectivity index is 1.78. The quantitative estimate of drug-likeness (QED) is 0.837. The van der Waals surface area contributed by atoms with Gasteiger partial charge < -0.3 is 4.90 Å². The van der Waals surface area contributed by atoms with Crippen LogP contribution in [0.15, 0.2) is 24.3 Å². The van der Waals surface area contributed by atoms with E-state index in [1.54, 1.807) is 4.90 Å². The van der Waals surface area contributed by atoms with Gasteiger partial charge in [-0.25, -0.2) is 13.8 Å². The average molecular weight is 267 g/mol. The van der Waals surface area contributed by atoms with Crippen molar-refractivity contribution in [3.05, 3.63) is 29.3 Å². The van der Waals surface area contributed by atoms with Gasteiger partial charge in [0.15, 0.2) is 5.82 Å². The van der Waals surface area contributed by atoms with E-state index in [-0.39, 0.29) is 13.1 Å². The summed E-state index contributed by atoms with van der Waals surface area (Å²) in [4.78, 5) is 5.94. The van der Waals surface area contributed by atoms with Crippen LogP contribution in [0.25, 0.3) is 11.4 Å². The second-order valence-electron chi connectivity index (χ2n) is 4.40. The molecule has 1 fully saturated rings. The topological polar surface area (TPSA) is 29.0 Å². The molecule has 0 saturated carbocycles. The minimum Gasteiger partial charge on any atom is -0.359 e. The number of anilines is 1. The fourth-order valence-electron chi connectivity index (χ4n) is 1.93. The van der Waals surface area contributed by atoms with Crippen LogP contribution in [0.2, 0.25) is 0 Å². The van der Waals surface area contributed by atoms with Crippen LogP contribution in [-0.2, 0) is 0 Å². The zero-order valence-electron chi connectivity index (χ0n) is 9.73. The van der Waals surface area contributed by atoms with Crippen molar-refractivity contribution in [3.8, 4) is 11.4 Å². The van der Waals surface area contributed by atoms with E-state index in [0.717, 1.165) is 16.3 Å². The maximum Gasteiger partial charge on any atom is 0.282 e. The number of hydrogen-bond acceptors (Lipinski definition) is 4. The summed E-state index contributed by atoms with van der Waals surface area (Å²) in [5.41, 5.74) is 1.73. The predicted molar refractivity (Wildman–Crippen MR) is 67.2 cm³/mol. The zero-order valence-corrected chi connectivity index (χ0v) is 10.5. The molecule has 1 aromatic carbocycles. The molecule has 1 aromatic heterocycles. The van der Waals surface area contributed by atoms with Crippen LogP contribution >= 0.6 is 11.5 Å². The van der Waals surface area contributed by atoms with Crippen LogP contribution < -0.4 is 4.90 Å². The molecule has 0 amide bonds. The Morgan fingerprint density at radius 1 is 1.22 bits per heavy atom. The molecule has 1 saturated heterocycles. The lowest BCUT2D eigenvalue weighted by atomic mass is 10.1. The van der Waals surface area contributed by atoms with Crippen molar-refractivity contribution in [2.24, 2.45) is 0 Å². The van der Waals surface area contributed by atoms with Crippen LogP contribution in [0.5, 0.6) is 0 Å². The Hall–Kier alpha value is -1.56. The molecule has 1 aliphatic rings. The summed E-state index contributed by atoms with van der Waals surface area (Å²) < 4.78 is 29.7. The number of benzene rings is 1. The number of nitrogens with zero attached hydrogens (tertiary/aromatic N) is 3. The molecule has 94 valence electrons. The molecule has 3 nitrogen and oxygen atoms in total. The number of aryl methyl sites for hydroxylation is 1. The number of halogens is 2. The predicted octanol–water partition coefficient (Wildman–Crippen LogP) is 2.97. The molecule has 0 unspecified atom stereocenters. The number of aromatic nitrogens is 2. The summed E-state index contributed by atoms with van der Waals surface area (Å²) >= 11 is 1.35. The highest BCUT2D eigenvalue weighted by Crippen LogP contribution is 2.32. The van der Waals surface area contributed by atoms with E-state index in [4.69, 9.17) is 0 Å². The third-order valence-electron chi connectivity index (χ3n) is 2.86. The second-order valence-corrected chi connectivity index (χ2v) is 5.35. The van der Waals surface area contributed by atoms with Gasteiger partial charge in [0.05, 0.1) is 13.1 Å². The first kappa shape index (κ1) is 11.5. The van der Waals surface area contributed by atoms with Gasteiger partial charge in [-0.05, 0) is 42.7 Å². The Labute approximate surface area is 107 Å². The van der Waals surface area contributed by atoms with E-state index in [1.165, 1.54) is 11.5 Å². The fourth-order valence-corrected chi connectivity index (χ4v) is 2.42. The summed E-state index contributed by atoms with van der Waals surface area (Å²) in [7, 11) is 0. The van der Waals surface area contributed by atoms with Crippen LogP contribution in [0.3, 0.4) is 0 Å². The Bertz CT molecular complexity index is 557. The minimum atomic E-state index is -2.54. The summed E-state index contributed by atoms with van der Waals surface area (Å²) in [5, 5.41) is 0.913. The lowest BCUT2D eigenvalue weighted by Gasteiger charge is -2.40. The maximum atomic E-state index is 12.8.